The van der Waals surface area contributed by atoms with Crippen molar-refractivity contribution in [3.05, 3.63) is 76.2 Å². The molecule has 0 aliphatic heterocycles. The van der Waals surface area contributed by atoms with E-state index in [1.807, 2.05) is 0 Å². The number of alkyl halides is 3. The van der Waals surface area contributed by atoms with Gasteiger partial charge in [-0.1, -0.05) is 11.6 Å². The highest BCUT2D eigenvalue weighted by Gasteiger charge is 2.56. The molecular weight excluding hydrogens is 528 g/mol. The van der Waals surface area contributed by atoms with E-state index in [-0.39, 0.29) is 33.2 Å². The summed E-state index contributed by atoms with van der Waals surface area (Å²) in [5.74, 6) is -0.804. The summed E-state index contributed by atoms with van der Waals surface area (Å²) < 4.78 is 67.2. The standard InChI is InChI=1S/C27H27ClF4N2O4/c1-25(2,33)17-13-20(15-5-7-19(29)18(28)11-15)34-24(14-17)26(36,27(30,31)32)10-9-21(35)16-6-8-22(37-3)23(12-16)38-4/h5-8,11-14,36H,9-10,33H2,1-4H3. The number of benzene rings is 2. The molecule has 3 rings (SSSR count). The van der Waals surface area contributed by atoms with E-state index < -0.39 is 47.5 Å². The van der Waals surface area contributed by atoms with Gasteiger partial charge < -0.3 is 20.3 Å². The number of aliphatic hydroxyl groups is 1. The van der Waals surface area contributed by atoms with Gasteiger partial charge in [0, 0.05) is 23.1 Å². The molecule has 0 bridgehead atoms. The molecule has 1 unspecified atom stereocenters. The fourth-order valence-corrected chi connectivity index (χ4v) is 3.96. The molecule has 3 N–H and O–H groups in total. The Morgan fingerprint density at radius 2 is 1.68 bits per heavy atom. The maximum absolute atomic E-state index is 14.4. The first-order chi connectivity index (χ1) is 17.6. The average molecular weight is 555 g/mol. The number of Topliss-reactive ketones (excluding diaryl/α,β-unsaturated/α-hetero) is 1. The first-order valence-electron chi connectivity index (χ1n) is 11.4. The number of ketones is 1. The zero-order valence-corrected chi connectivity index (χ0v) is 21.9. The van der Waals surface area contributed by atoms with Crippen LogP contribution in [-0.4, -0.2) is 36.3 Å². The second-order valence-electron chi connectivity index (χ2n) is 9.33. The van der Waals surface area contributed by atoms with Gasteiger partial charge in [0.1, 0.15) is 5.82 Å². The molecule has 0 saturated heterocycles. The van der Waals surface area contributed by atoms with Crippen LogP contribution < -0.4 is 15.2 Å². The van der Waals surface area contributed by atoms with E-state index >= 15 is 0 Å². The molecular formula is C27H27ClF4N2O4. The Hall–Kier alpha value is -3.21. The normalized spacial score (nSPS) is 13.7. The van der Waals surface area contributed by atoms with Crippen LogP contribution in [0, 0.1) is 5.82 Å². The Labute approximate surface area is 222 Å². The third kappa shape index (κ3) is 6.09. The Bertz CT molecular complexity index is 1340. The summed E-state index contributed by atoms with van der Waals surface area (Å²) in [5.41, 5.74) is 1.31. The quantitative estimate of drug-likeness (QED) is 0.243. The predicted molar refractivity (Wildman–Crippen MR) is 135 cm³/mol. The molecule has 3 aromatic rings. The summed E-state index contributed by atoms with van der Waals surface area (Å²) in [4.78, 5) is 16.9. The molecule has 0 aliphatic carbocycles. The number of nitrogens with zero attached hydrogens (tertiary/aromatic N) is 1. The van der Waals surface area contributed by atoms with Crippen molar-refractivity contribution in [2.45, 2.75) is 44.0 Å². The number of hydrogen-bond donors (Lipinski definition) is 2. The van der Waals surface area contributed by atoms with Crippen molar-refractivity contribution in [1.82, 2.24) is 4.98 Å². The number of methoxy groups -OCH3 is 2. The van der Waals surface area contributed by atoms with E-state index in [4.69, 9.17) is 26.8 Å². The minimum absolute atomic E-state index is 0.00758. The lowest BCUT2D eigenvalue weighted by Crippen LogP contribution is -2.44. The van der Waals surface area contributed by atoms with Crippen LogP contribution in [0.5, 0.6) is 11.5 Å². The summed E-state index contributed by atoms with van der Waals surface area (Å²) in [6.45, 7) is 3.14. The van der Waals surface area contributed by atoms with Crippen molar-refractivity contribution in [3.63, 3.8) is 0 Å². The molecule has 0 amide bonds. The smallest absolute Gasteiger partial charge is 0.422 e. The average Bonchev–Trinajstić information content (AvgIpc) is 2.86. The second kappa shape index (κ2) is 10.9. The van der Waals surface area contributed by atoms with Crippen molar-refractivity contribution in [2.24, 2.45) is 5.73 Å². The maximum atomic E-state index is 14.4. The summed E-state index contributed by atoms with van der Waals surface area (Å²) >= 11 is 5.87. The third-order valence-electron chi connectivity index (χ3n) is 6.10. The van der Waals surface area contributed by atoms with Crippen molar-refractivity contribution in [1.29, 1.82) is 0 Å². The van der Waals surface area contributed by atoms with Gasteiger partial charge in [-0.3, -0.25) is 4.79 Å². The van der Waals surface area contributed by atoms with E-state index in [9.17, 15) is 27.5 Å². The maximum Gasteiger partial charge on any atom is 0.422 e. The molecule has 6 nitrogen and oxygen atoms in total. The van der Waals surface area contributed by atoms with Crippen LogP contribution in [0.15, 0.2) is 48.5 Å². The number of hydrogen-bond acceptors (Lipinski definition) is 6. The first kappa shape index (κ1) is 29.3. The number of carbonyl (C=O) groups is 1. The number of carbonyl (C=O) groups excluding carboxylic acids is 1. The van der Waals surface area contributed by atoms with E-state index in [1.165, 1.54) is 50.6 Å². The molecule has 204 valence electrons. The Morgan fingerprint density at radius 1 is 1.03 bits per heavy atom. The Balaban J connectivity index is 2.07. The van der Waals surface area contributed by atoms with Crippen LogP contribution in [-0.2, 0) is 11.1 Å². The van der Waals surface area contributed by atoms with Gasteiger partial charge in [0.15, 0.2) is 17.3 Å². The van der Waals surface area contributed by atoms with Gasteiger partial charge in [0.2, 0.25) is 5.60 Å². The highest BCUT2D eigenvalue weighted by atomic mass is 35.5. The topological polar surface area (TPSA) is 94.7 Å². The van der Waals surface area contributed by atoms with E-state index in [0.717, 1.165) is 12.1 Å². The molecule has 1 aromatic heterocycles. The minimum Gasteiger partial charge on any atom is -0.493 e. The van der Waals surface area contributed by atoms with Crippen molar-refractivity contribution in [2.75, 3.05) is 14.2 Å². The third-order valence-corrected chi connectivity index (χ3v) is 6.39. The van der Waals surface area contributed by atoms with E-state index in [2.05, 4.69) is 4.98 Å². The predicted octanol–water partition coefficient (Wildman–Crippen LogP) is 6.17. The zero-order valence-electron chi connectivity index (χ0n) is 21.1. The lowest BCUT2D eigenvalue weighted by molar-refractivity contribution is -0.270. The van der Waals surface area contributed by atoms with Crippen LogP contribution in [0.25, 0.3) is 11.3 Å². The molecule has 0 fully saturated rings. The summed E-state index contributed by atoms with van der Waals surface area (Å²) in [7, 11) is 2.76. The highest BCUT2D eigenvalue weighted by molar-refractivity contribution is 6.31. The molecule has 0 saturated carbocycles. The molecule has 0 spiro atoms. The fourth-order valence-electron chi connectivity index (χ4n) is 3.78. The van der Waals surface area contributed by atoms with Crippen LogP contribution in [0.1, 0.15) is 48.3 Å². The summed E-state index contributed by atoms with van der Waals surface area (Å²) in [6.07, 6.45) is -6.89. The van der Waals surface area contributed by atoms with Gasteiger partial charge in [0.25, 0.3) is 0 Å². The SMILES string of the molecule is COc1ccc(C(=O)CCC(O)(c2cc(C(C)(C)N)cc(-c3ccc(F)c(Cl)c3)n2)C(F)(F)F)cc1OC. The van der Waals surface area contributed by atoms with Gasteiger partial charge >= 0.3 is 6.18 Å². The molecule has 1 heterocycles. The van der Waals surface area contributed by atoms with E-state index in [1.54, 1.807) is 13.8 Å². The monoisotopic (exact) mass is 554 g/mol. The van der Waals surface area contributed by atoms with Gasteiger partial charge in [-0.2, -0.15) is 13.2 Å². The molecule has 0 radical (unpaired) electrons. The van der Waals surface area contributed by atoms with E-state index in [0.29, 0.717) is 5.75 Å². The second-order valence-corrected chi connectivity index (χ2v) is 9.74. The first-order valence-corrected chi connectivity index (χ1v) is 11.8. The van der Waals surface area contributed by atoms with Gasteiger partial charge in [-0.15, -0.1) is 0 Å². The van der Waals surface area contributed by atoms with Crippen LogP contribution >= 0.6 is 11.6 Å². The lowest BCUT2D eigenvalue weighted by atomic mass is 9.86. The molecule has 2 aromatic carbocycles. The van der Waals surface area contributed by atoms with Gasteiger partial charge in [-0.25, -0.2) is 9.37 Å². The van der Waals surface area contributed by atoms with Crippen LogP contribution in [0.2, 0.25) is 5.02 Å². The minimum atomic E-state index is -5.20. The molecule has 11 heteroatoms. The molecule has 38 heavy (non-hydrogen) atoms. The number of ether oxygens (including phenoxy) is 2. The van der Waals surface area contributed by atoms with Crippen molar-refractivity contribution < 1.29 is 36.9 Å². The number of pyridine rings is 1. The zero-order chi connectivity index (χ0) is 28.5. The molecule has 1 atom stereocenters. The largest absolute Gasteiger partial charge is 0.493 e. The Kier molecular flexibility index (Phi) is 8.40. The van der Waals surface area contributed by atoms with Crippen LogP contribution in [0.4, 0.5) is 17.6 Å². The van der Waals surface area contributed by atoms with Gasteiger partial charge in [-0.05, 0) is 74.4 Å². The number of nitrogens with two attached hydrogens (primary N) is 1. The number of halogens is 5. The number of rotatable bonds is 9. The summed E-state index contributed by atoms with van der Waals surface area (Å²) in [5, 5.41) is 10.8. The number of aromatic nitrogens is 1. The van der Waals surface area contributed by atoms with Gasteiger partial charge in [0.05, 0.1) is 30.6 Å². The fraction of sp³-hybridized carbons (Fsp3) is 0.333. The summed E-state index contributed by atoms with van der Waals surface area (Å²) in [6, 6.07) is 10.3. The van der Waals surface area contributed by atoms with Crippen molar-refractivity contribution >= 4 is 17.4 Å². The Morgan fingerprint density at radius 3 is 2.24 bits per heavy atom. The highest BCUT2D eigenvalue weighted by Crippen LogP contribution is 2.43. The lowest BCUT2D eigenvalue weighted by Gasteiger charge is -2.32. The molecule has 0 aliphatic rings. The van der Waals surface area contributed by atoms with Crippen LogP contribution in [0.3, 0.4) is 0 Å². The van der Waals surface area contributed by atoms with Crippen molar-refractivity contribution in [3.8, 4) is 22.8 Å².